The Kier molecular flexibility index (Phi) is 2.71. The summed E-state index contributed by atoms with van der Waals surface area (Å²) >= 11 is 0. The van der Waals surface area contributed by atoms with E-state index in [4.69, 9.17) is 0 Å². The van der Waals surface area contributed by atoms with Gasteiger partial charge in [0.1, 0.15) is 0 Å². The SMILES string of the molecule is O=S(=O)(F)C(F)(F)S(=O)(=O)NF. The summed E-state index contributed by atoms with van der Waals surface area (Å²) < 4.78 is 79.0. The van der Waals surface area contributed by atoms with Crippen LogP contribution in [0.1, 0.15) is 0 Å². The maximum absolute atomic E-state index is 11.9. The van der Waals surface area contributed by atoms with Gasteiger partial charge in [-0.1, -0.05) is 3.89 Å². The minimum atomic E-state index is -6.70. The third-order valence-corrected chi connectivity index (χ3v) is 3.35. The van der Waals surface area contributed by atoms with E-state index >= 15 is 0 Å². The first-order chi connectivity index (χ1) is 5.06. The number of halogens is 4. The average Bonchev–Trinajstić information content (AvgIpc) is 1.85. The van der Waals surface area contributed by atoms with E-state index in [1.807, 2.05) is 0 Å². The predicted octanol–water partition coefficient (Wildman–Crippen LogP) is -0.360. The van der Waals surface area contributed by atoms with Gasteiger partial charge < -0.3 is 0 Å². The molecule has 0 fully saturated rings. The summed E-state index contributed by atoms with van der Waals surface area (Å²) in [5.41, 5.74) is 0. The molecule has 0 radical (unpaired) electrons. The molecular weight excluding hydrogens is 230 g/mol. The normalized spacial score (nSPS) is 14.7. The van der Waals surface area contributed by atoms with Crippen LogP contribution in [0.2, 0.25) is 0 Å². The zero-order valence-corrected chi connectivity index (χ0v) is 6.59. The zero-order valence-electron chi connectivity index (χ0n) is 4.96. The third kappa shape index (κ3) is 1.67. The van der Waals surface area contributed by atoms with Crippen LogP contribution in [0.15, 0.2) is 0 Å². The summed E-state index contributed by atoms with van der Waals surface area (Å²) in [6, 6.07) is 0. The van der Waals surface area contributed by atoms with Crippen molar-refractivity contribution in [2.24, 2.45) is 0 Å². The Hall–Kier alpha value is -0.420. The van der Waals surface area contributed by atoms with Crippen molar-refractivity contribution in [3.63, 3.8) is 0 Å². The Morgan fingerprint density at radius 2 is 1.42 bits per heavy atom. The highest BCUT2D eigenvalue weighted by Gasteiger charge is 2.59. The first-order valence-corrected chi connectivity index (χ1v) is 4.87. The van der Waals surface area contributed by atoms with Crippen LogP contribution in [0.3, 0.4) is 0 Å². The molecule has 0 amide bonds. The highest BCUT2D eigenvalue weighted by molar-refractivity contribution is 8.06. The second-order valence-electron chi connectivity index (χ2n) is 1.48. The van der Waals surface area contributed by atoms with Gasteiger partial charge in [0.2, 0.25) is 0 Å². The van der Waals surface area contributed by atoms with E-state index in [1.165, 1.54) is 0 Å². The molecule has 0 spiro atoms. The average molecular weight is 231 g/mol. The van der Waals surface area contributed by atoms with Crippen molar-refractivity contribution in [3.05, 3.63) is 0 Å². The first-order valence-electron chi connectivity index (χ1n) is 2.00. The second-order valence-corrected chi connectivity index (χ2v) is 4.80. The van der Waals surface area contributed by atoms with E-state index in [0.717, 1.165) is 0 Å². The van der Waals surface area contributed by atoms with Gasteiger partial charge in [-0.15, -0.1) is 4.48 Å². The maximum Gasteiger partial charge on any atom is 0.491 e. The molecule has 74 valence electrons. The molecule has 0 unspecified atom stereocenters. The molecule has 0 saturated heterocycles. The van der Waals surface area contributed by atoms with E-state index in [9.17, 15) is 34.0 Å². The van der Waals surface area contributed by atoms with E-state index < -0.39 is 29.8 Å². The van der Waals surface area contributed by atoms with Gasteiger partial charge in [-0.2, -0.15) is 17.2 Å². The van der Waals surface area contributed by atoms with Gasteiger partial charge in [0, 0.05) is 0 Å². The zero-order chi connectivity index (χ0) is 10.2. The van der Waals surface area contributed by atoms with Gasteiger partial charge in [-0.25, -0.2) is 8.42 Å². The van der Waals surface area contributed by atoms with E-state index in [0.29, 0.717) is 0 Å². The van der Waals surface area contributed by atoms with Gasteiger partial charge in [0.25, 0.3) is 0 Å². The molecule has 0 rings (SSSR count). The minimum absolute atomic E-state index is 0.509. The molecule has 0 aliphatic heterocycles. The van der Waals surface area contributed by atoms with E-state index in [-0.39, 0.29) is 0 Å². The molecule has 1 N–H and O–H groups in total. The number of rotatable bonds is 3. The largest absolute Gasteiger partial charge is 0.491 e. The molecule has 12 heavy (non-hydrogen) atoms. The van der Waals surface area contributed by atoms with Crippen LogP contribution in [0.5, 0.6) is 0 Å². The number of sulfonamides is 1. The van der Waals surface area contributed by atoms with Crippen LogP contribution >= 0.6 is 0 Å². The molecule has 0 aliphatic carbocycles. The van der Waals surface area contributed by atoms with Crippen molar-refractivity contribution in [2.75, 3.05) is 0 Å². The van der Waals surface area contributed by atoms with Gasteiger partial charge in [0.15, 0.2) is 0 Å². The Bertz CT molecular complexity index is 355. The van der Waals surface area contributed by atoms with Crippen LogP contribution in [0, 0.1) is 0 Å². The molecule has 0 bridgehead atoms. The maximum atomic E-state index is 11.9. The van der Waals surface area contributed by atoms with Crippen LogP contribution in [-0.4, -0.2) is 21.4 Å². The Labute approximate surface area is 64.6 Å². The third-order valence-electron chi connectivity index (χ3n) is 0.698. The number of nitrogens with one attached hydrogen (secondary N) is 1. The number of alkyl halides is 2. The lowest BCUT2D eigenvalue weighted by Crippen LogP contribution is -2.40. The molecule has 0 atom stereocenters. The standard InChI is InChI=1S/CHF4NO4S2/c2-1(3,11(5,7)8)12(9,10)6-4/h6H. The fourth-order valence-corrected chi connectivity index (χ4v) is 1.41. The number of hydrogen-bond acceptors (Lipinski definition) is 4. The van der Waals surface area contributed by atoms with Crippen molar-refractivity contribution < 1.29 is 34.0 Å². The van der Waals surface area contributed by atoms with Crippen LogP contribution < -0.4 is 4.94 Å². The predicted molar refractivity (Wildman–Crippen MR) is 28.1 cm³/mol. The molecule has 0 aliphatic rings. The summed E-state index contributed by atoms with van der Waals surface area (Å²) in [6.45, 7) is 0. The van der Waals surface area contributed by atoms with Crippen molar-refractivity contribution in [3.8, 4) is 0 Å². The molecule has 11 heteroatoms. The Morgan fingerprint density at radius 1 is 1.08 bits per heavy atom. The van der Waals surface area contributed by atoms with Crippen molar-refractivity contribution in [1.29, 1.82) is 0 Å². The molecule has 0 aromatic rings. The van der Waals surface area contributed by atoms with Crippen LogP contribution in [-0.2, 0) is 20.2 Å². The van der Waals surface area contributed by atoms with Gasteiger partial charge in [-0.05, 0) is 4.94 Å². The van der Waals surface area contributed by atoms with Crippen LogP contribution in [0.4, 0.5) is 17.1 Å². The smallest absolute Gasteiger partial charge is 0.202 e. The Balaban J connectivity index is 5.46. The quantitative estimate of drug-likeness (QED) is 0.408. The highest BCUT2D eigenvalue weighted by Crippen LogP contribution is 2.28. The highest BCUT2D eigenvalue weighted by atomic mass is 32.3. The molecule has 0 aromatic carbocycles. The molecular formula is CHF4NO4S2. The summed E-state index contributed by atoms with van der Waals surface area (Å²) in [7, 11) is -12.9. The van der Waals surface area contributed by atoms with E-state index in [1.54, 1.807) is 0 Å². The Morgan fingerprint density at radius 3 is 1.50 bits per heavy atom. The molecule has 0 aromatic heterocycles. The molecule has 5 nitrogen and oxygen atoms in total. The lowest BCUT2D eigenvalue weighted by atomic mass is 11.6. The van der Waals surface area contributed by atoms with Gasteiger partial charge >= 0.3 is 24.8 Å². The minimum Gasteiger partial charge on any atom is -0.202 e. The monoisotopic (exact) mass is 231 g/mol. The topological polar surface area (TPSA) is 80.3 Å². The fourth-order valence-electron chi connectivity index (χ4n) is 0.176. The number of hydrogen-bond donors (Lipinski definition) is 1. The summed E-state index contributed by atoms with van der Waals surface area (Å²) in [6.07, 6.45) is 0. The van der Waals surface area contributed by atoms with Crippen molar-refractivity contribution >= 4 is 20.2 Å². The van der Waals surface area contributed by atoms with Crippen molar-refractivity contribution in [2.45, 2.75) is 4.59 Å². The summed E-state index contributed by atoms with van der Waals surface area (Å²) in [5, 5.41) is 0. The molecule has 0 heterocycles. The summed E-state index contributed by atoms with van der Waals surface area (Å²) in [4.78, 5) is -0.509. The van der Waals surface area contributed by atoms with Crippen molar-refractivity contribution in [1.82, 2.24) is 4.94 Å². The van der Waals surface area contributed by atoms with Gasteiger partial charge in [0.05, 0.1) is 0 Å². The second kappa shape index (κ2) is 2.81. The van der Waals surface area contributed by atoms with Crippen LogP contribution in [0.25, 0.3) is 0 Å². The van der Waals surface area contributed by atoms with Gasteiger partial charge in [-0.3, -0.25) is 0 Å². The fraction of sp³-hybridized carbons (Fsp3) is 1.00. The lowest BCUT2D eigenvalue weighted by molar-refractivity contribution is 0.166. The summed E-state index contributed by atoms with van der Waals surface area (Å²) in [5.74, 6) is 0. The first kappa shape index (κ1) is 11.6. The lowest BCUT2D eigenvalue weighted by Gasteiger charge is -2.08. The van der Waals surface area contributed by atoms with E-state index in [2.05, 4.69) is 0 Å². The molecule has 0 saturated carbocycles.